The van der Waals surface area contributed by atoms with Crippen LogP contribution < -0.4 is 4.90 Å². The van der Waals surface area contributed by atoms with Crippen molar-refractivity contribution < 1.29 is 14.3 Å². The van der Waals surface area contributed by atoms with Gasteiger partial charge in [-0.05, 0) is 37.0 Å². The second-order valence-corrected chi connectivity index (χ2v) is 7.82. The monoisotopic (exact) mass is 384 g/mol. The van der Waals surface area contributed by atoms with Crippen molar-refractivity contribution in [1.29, 1.82) is 0 Å². The molecule has 1 spiro atoms. The van der Waals surface area contributed by atoms with Gasteiger partial charge in [-0.25, -0.2) is 14.4 Å². The smallest absolute Gasteiger partial charge is 0.227 e. The molecule has 0 unspecified atom stereocenters. The molecule has 2 aromatic rings. The molecule has 2 aliphatic rings. The lowest BCUT2D eigenvalue weighted by Crippen LogP contribution is -2.60. The van der Waals surface area contributed by atoms with E-state index in [2.05, 4.69) is 14.9 Å². The molecule has 1 aromatic heterocycles. The maximum atomic E-state index is 13.9. The summed E-state index contributed by atoms with van der Waals surface area (Å²) < 4.78 is 13.9. The molecule has 0 saturated carbocycles. The van der Waals surface area contributed by atoms with Gasteiger partial charge in [0.05, 0.1) is 12.5 Å². The molecule has 1 aromatic carbocycles. The average Bonchev–Trinajstić information content (AvgIpc) is 2.73. The first-order chi connectivity index (χ1) is 13.6. The van der Waals surface area contributed by atoms with E-state index in [1.807, 2.05) is 0 Å². The highest BCUT2D eigenvalue weighted by atomic mass is 19.1. The Morgan fingerprint density at radius 1 is 1.18 bits per heavy atom. The zero-order chi connectivity index (χ0) is 19.6. The minimum Gasteiger partial charge on any atom is -0.392 e. The van der Waals surface area contributed by atoms with Gasteiger partial charge in [0.15, 0.2) is 0 Å². The number of carbonyl (C=O) groups is 1. The summed E-state index contributed by atoms with van der Waals surface area (Å²) in [5.74, 6) is 0.209. The number of carbonyl (C=O) groups excluding carboxylic acids is 1. The molecule has 2 atom stereocenters. The molecule has 0 aliphatic carbocycles. The van der Waals surface area contributed by atoms with Gasteiger partial charge in [-0.2, -0.15) is 0 Å². The fourth-order valence-corrected chi connectivity index (χ4v) is 4.46. The summed E-state index contributed by atoms with van der Waals surface area (Å²) in [6.07, 6.45) is 5.29. The van der Waals surface area contributed by atoms with Crippen molar-refractivity contribution in [1.82, 2.24) is 14.9 Å². The van der Waals surface area contributed by atoms with Crippen LogP contribution in [-0.4, -0.2) is 58.2 Å². The highest BCUT2D eigenvalue weighted by Gasteiger charge is 2.46. The summed E-state index contributed by atoms with van der Waals surface area (Å²) >= 11 is 0. The third kappa shape index (κ3) is 3.71. The lowest BCUT2D eigenvalue weighted by molar-refractivity contribution is -0.137. The highest BCUT2D eigenvalue weighted by molar-refractivity contribution is 5.79. The number of halogens is 1. The van der Waals surface area contributed by atoms with Crippen LogP contribution in [0.5, 0.6) is 0 Å². The summed E-state index contributed by atoms with van der Waals surface area (Å²) in [6, 6.07) is 8.17. The minimum absolute atomic E-state index is 0.0460. The molecule has 0 bridgehead atoms. The Morgan fingerprint density at radius 3 is 2.75 bits per heavy atom. The Hall–Kier alpha value is -2.54. The van der Waals surface area contributed by atoms with Crippen molar-refractivity contribution in [3.05, 3.63) is 54.1 Å². The number of hydrogen-bond donors (Lipinski definition) is 1. The molecule has 148 valence electrons. The van der Waals surface area contributed by atoms with Gasteiger partial charge in [-0.3, -0.25) is 4.79 Å². The number of anilines is 1. The molecule has 4 rings (SSSR count). The van der Waals surface area contributed by atoms with E-state index in [4.69, 9.17) is 0 Å². The molecule has 6 nitrogen and oxygen atoms in total. The van der Waals surface area contributed by atoms with Gasteiger partial charge in [0, 0.05) is 44.0 Å². The maximum absolute atomic E-state index is 13.9. The lowest BCUT2D eigenvalue weighted by Gasteiger charge is -2.51. The number of rotatable bonds is 3. The van der Waals surface area contributed by atoms with Gasteiger partial charge < -0.3 is 14.9 Å². The minimum atomic E-state index is -0.475. The molecular weight excluding hydrogens is 359 g/mol. The molecule has 0 radical (unpaired) electrons. The number of hydrogen-bond acceptors (Lipinski definition) is 5. The molecule has 2 fully saturated rings. The van der Waals surface area contributed by atoms with Gasteiger partial charge >= 0.3 is 0 Å². The van der Waals surface area contributed by atoms with E-state index in [9.17, 15) is 14.3 Å². The fourth-order valence-electron chi connectivity index (χ4n) is 4.46. The number of likely N-dealkylation sites (tertiary alicyclic amines) is 1. The summed E-state index contributed by atoms with van der Waals surface area (Å²) in [5, 5.41) is 10.8. The van der Waals surface area contributed by atoms with E-state index in [1.54, 1.807) is 41.6 Å². The molecule has 28 heavy (non-hydrogen) atoms. The highest BCUT2D eigenvalue weighted by Crippen LogP contribution is 2.39. The Kier molecular flexibility index (Phi) is 5.26. The first kappa shape index (κ1) is 18.8. The number of piperidine rings is 2. The van der Waals surface area contributed by atoms with Crippen LogP contribution >= 0.6 is 0 Å². The van der Waals surface area contributed by atoms with E-state index in [1.165, 1.54) is 6.07 Å². The van der Waals surface area contributed by atoms with Gasteiger partial charge in [0.25, 0.3) is 0 Å². The summed E-state index contributed by atoms with van der Waals surface area (Å²) in [6.45, 7) is 2.42. The predicted molar refractivity (Wildman–Crippen MR) is 103 cm³/mol. The number of amides is 1. The van der Waals surface area contributed by atoms with Crippen molar-refractivity contribution in [2.75, 3.05) is 31.1 Å². The number of aliphatic hydroxyl groups is 1. The van der Waals surface area contributed by atoms with Crippen molar-refractivity contribution in [2.45, 2.75) is 31.8 Å². The first-order valence-electron chi connectivity index (χ1n) is 9.79. The normalized spacial score (nSPS) is 25.1. The topological polar surface area (TPSA) is 69.6 Å². The Balaban J connectivity index is 1.49. The van der Waals surface area contributed by atoms with E-state index >= 15 is 0 Å². The van der Waals surface area contributed by atoms with Crippen LogP contribution in [0.3, 0.4) is 0 Å². The first-order valence-corrected chi connectivity index (χ1v) is 9.79. The Bertz CT molecular complexity index is 834. The molecule has 2 aliphatic heterocycles. The van der Waals surface area contributed by atoms with Crippen LogP contribution in [0.15, 0.2) is 42.7 Å². The Morgan fingerprint density at radius 2 is 1.96 bits per heavy atom. The van der Waals surface area contributed by atoms with Gasteiger partial charge in [0.2, 0.25) is 11.9 Å². The third-order valence-corrected chi connectivity index (χ3v) is 5.98. The third-order valence-electron chi connectivity index (χ3n) is 5.98. The molecule has 7 heteroatoms. The molecule has 1 amide bonds. The number of nitrogens with zero attached hydrogens (tertiary/aromatic N) is 4. The number of aromatic nitrogens is 2. The quantitative estimate of drug-likeness (QED) is 0.877. The molecular formula is C21H25FN4O2. The van der Waals surface area contributed by atoms with Crippen molar-refractivity contribution in [3.8, 4) is 0 Å². The summed E-state index contributed by atoms with van der Waals surface area (Å²) in [7, 11) is 0. The second kappa shape index (κ2) is 7.83. The summed E-state index contributed by atoms with van der Waals surface area (Å²) in [4.78, 5) is 25.4. The number of benzene rings is 1. The van der Waals surface area contributed by atoms with Crippen molar-refractivity contribution in [3.63, 3.8) is 0 Å². The van der Waals surface area contributed by atoms with Crippen LogP contribution in [0.4, 0.5) is 10.3 Å². The average molecular weight is 384 g/mol. The van der Waals surface area contributed by atoms with E-state index in [-0.39, 0.29) is 18.1 Å². The zero-order valence-electron chi connectivity index (χ0n) is 15.8. The van der Waals surface area contributed by atoms with Gasteiger partial charge in [0.1, 0.15) is 5.82 Å². The second-order valence-electron chi connectivity index (χ2n) is 7.82. The van der Waals surface area contributed by atoms with Gasteiger partial charge in [-0.1, -0.05) is 18.2 Å². The lowest BCUT2D eigenvalue weighted by atomic mass is 9.71. The van der Waals surface area contributed by atoms with Crippen LogP contribution in [0.2, 0.25) is 0 Å². The van der Waals surface area contributed by atoms with Crippen LogP contribution in [-0.2, 0) is 11.2 Å². The van der Waals surface area contributed by atoms with E-state index < -0.39 is 11.5 Å². The SMILES string of the molecule is O=C(Cc1ccccc1F)N1CCC[C@]2(C1)CN(c1ncccn1)CC[C@H]2O. The van der Waals surface area contributed by atoms with Gasteiger partial charge in [-0.15, -0.1) is 0 Å². The standard InChI is InChI=1S/C21H25FN4O2/c22-17-6-2-1-5-16(17)13-19(28)25-11-3-8-21(14-25)15-26(12-7-18(21)27)20-23-9-4-10-24-20/h1-2,4-6,9-10,18,27H,3,7-8,11-15H2/t18-,21+/m1/s1. The van der Waals surface area contributed by atoms with Crippen molar-refractivity contribution >= 4 is 11.9 Å². The predicted octanol–water partition coefficient (Wildman–Crippen LogP) is 2.04. The fraction of sp³-hybridized carbons (Fsp3) is 0.476. The van der Waals surface area contributed by atoms with Crippen LogP contribution in [0, 0.1) is 11.2 Å². The van der Waals surface area contributed by atoms with Crippen LogP contribution in [0.25, 0.3) is 0 Å². The zero-order valence-corrected chi connectivity index (χ0v) is 15.8. The maximum Gasteiger partial charge on any atom is 0.227 e. The van der Waals surface area contributed by atoms with Crippen molar-refractivity contribution in [2.24, 2.45) is 5.41 Å². The van der Waals surface area contributed by atoms with E-state index in [0.29, 0.717) is 44.1 Å². The Labute approximate surface area is 164 Å². The molecule has 1 N–H and O–H groups in total. The van der Waals surface area contributed by atoms with E-state index in [0.717, 1.165) is 12.8 Å². The molecule has 3 heterocycles. The summed E-state index contributed by atoms with van der Waals surface area (Å²) in [5.41, 5.74) is 0.0104. The number of aliphatic hydroxyl groups excluding tert-OH is 1. The largest absolute Gasteiger partial charge is 0.392 e. The molecule has 2 saturated heterocycles. The van der Waals surface area contributed by atoms with Crippen LogP contribution in [0.1, 0.15) is 24.8 Å².